The fourth-order valence-electron chi connectivity index (χ4n) is 2.23. The van der Waals surface area contributed by atoms with Gasteiger partial charge in [0, 0.05) is 16.1 Å². The minimum atomic E-state index is -1.36. The number of benzene rings is 2. The van der Waals surface area contributed by atoms with Crippen molar-refractivity contribution in [2.75, 3.05) is 5.32 Å². The summed E-state index contributed by atoms with van der Waals surface area (Å²) in [5, 5.41) is 2.98. The molecule has 109 valence electrons. The molecule has 0 aliphatic carbocycles. The number of halogens is 2. The first-order valence-corrected chi connectivity index (χ1v) is 6.79. The van der Waals surface area contributed by atoms with Crippen molar-refractivity contribution in [2.45, 2.75) is 6.04 Å². The van der Waals surface area contributed by atoms with Crippen LogP contribution < -0.4 is 5.32 Å². The van der Waals surface area contributed by atoms with Crippen LogP contribution in [0.1, 0.15) is 11.1 Å². The summed E-state index contributed by atoms with van der Waals surface area (Å²) in [4.78, 5) is 27.0. The lowest BCUT2D eigenvalue weighted by atomic mass is 10.00. The number of amides is 1. The molecule has 6 heteroatoms. The first-order valence-electron chi connectivity index (χ1n) is 6.41. The molecule has 1 aliphatic heterocycles. The van der Waals surface area contributed by atoms with Crippen LogP contribution in [0.2, 0.25) is 5.02 Å². The summed E-state index contributed by atoms with van der Waals surface area (Å²) in [7, 11) is 0. The summed E-state index contributed by atoms with van der Waals surface area (Å²) in [5.41, 5.74) is 1.22. The molecule has 1 amide bonds. The third-order valence-electron chi connectivity index (χ3n) is 3.24. The fourth-order valence-corrected chi connectivity index (χ4v) is 2.40. The lowest BCUT2D eigenvalue weighted by Gasteiger charge is -2.11. The molecule has 22 heavy (non-hydrogen) atoms. The third-order valence-corrected chi connectivity index (χ3v) is 3.48. The Balaban J connectivity index is 2.29. The van der Waals surface area contributed by atoms with Gasteiger partial charge < -0.3 is 5.32 Å². The zero-order valence-electron chi connectivity index (χ0n) is 11.1. The second kappa shape index (κ2) is 5.69. The first kappa shape index (κ1) is 14.4. The van der Waals surface area contributed by atoms with Gasteiger partial charge in [-0.25, -0.2) is 4.39 Å². The molecule has 1 heterocycles. The van der Waals surface area contributed by atoms with E-state index in [0.717, 1.165) is 0 Å². The van der Waals surface area contributed by atoms with Crippen molar-refractivity contribution in [1.29, 1.82) is 0 Å². The van der Waals surface area contributed by atoms with Crippen LogP contribution in [-0.4, -0.2) is 23.9 Å². The van der Waals surface area contributed by atoms with Crippen LogP contribution in [-0.2, 0) is 9.59 Å². The Hall–Kier alpha value is -2.53. The predicted octanol–water partition coefficient (Wildman–Crippen LogP) is 2.75. The van der Waals surface area contributed by atoms with Crippen molar-refractivity contribution < 1.29 is 14.0 Å². The molecule has 1 N–H and O–H groups in total. The van der Waals surface area contributed by atoms with Crippen LogP contribution >= 0.6 is 11.6 Å². The second-order valence-corrected chi connectivity index (χ2v) is 5.09. The Bertz CT molecular complexity index is 804. The number of nitrogens with zero attached hydrogens (tertiary/aromatic N) is 1. The summed E-state index contributed by atoms with van der Waals surface area (Å²) in [6.45, 7) is 0. The minimum Gasteiger partial charge on any atom is -0.323 e. The van der Waals surface area contributed by atoms with Gasteiger partial charge in [-0.05, 0) is 30.3 Å². The largest absolute Gasteiger partial charge is 0.323 e. The van der Waals surface area contributed by atoms with E-state index in [4.69, 9.17) is 11.6 Å². The van der Waals surface area contributed by atoms with Crippen LogP contribution in [0.5, 0.6) is 0 Å². The molecule has 2 aromatic rings. The number of benzodiazepines with no additional fused rings is 1. The van der Waals surface area contributed by atoms with Crippen molar-refractivity contribution >= 4 is 35.2 Å². The lowest BCUT2D eigenvalue weighted by Crippen LogP contribution is -2.26. The number of aliphatic imine (C=N–C) groups is 1. The zero-order valence-corrected chi connectivity index (χ0v) is 11.9. The number of carbonyl (C=O) groups is 1. The van der Waals surface area contributed by atoms with Crippen molar-refractivity contribution in [3.63, 3.8) is 0 Å². The molecule has 1 atom stereocenters. The molecule has 0 saturated carbocycles. The van der Waals surface area contributed by atoms with Gasteiger partial charge in [-0.1, -0.05) is 23.7 Å². The lowest BCUT2D eigenvalue weighted by molar-refractivity contribution is -0.116. The molecule has 1 unspecified atom stereocenters. The van der Waals surface area contributed by atoms with Crippen LogP contribution in [0.3, 0.4) is 0 Å². The topological polar surface area (TPSA) is 58.5 Å². The summed E-state index contributed by atoms with van der Waals surface area (Å²) < 4.78 is 14.1. The number of hydrogen-bond donors (Lipinski definition) is 1. The highest BCUT2D eigenvalue weighted by molar-refractivity contribution is 6.32. The van der Waals surface area contributed by atoms with E-state index in [2.05, 4.69) is 10.3 Å². The Morgan fingerprint density at radius 3 is 2.68 bits per heavy atom. The van der Waals surface area contributed by atoms with E-state index in [-0.39, 0.29) is 11.3 Å². The van der Waals surface area contributed by atoms with E-state index in [9.17, 15) is 14.0 Å². The van der Waals surface area contributed by atoms with E-state index >= 15 is 0 Å². The normalized spacial score (nSPS) is 17.1. The molecule has 0 aromatic heterocycles. The Morgan fingerprint density at radius 2 is 1.95 bits per heavy atom. The molecule has 2 aromatic carbocycles. The van der Waals surface area contributed by atoms with E-state index in [1.54, 1.807) is 36.6 Å². The van der Waals surface area contributed by atoms with Crippen LogP contribution in [0, 0.1) is 5.82 Å². The highest BCUT2D eigenvalue weighted by Crippen LogP contribution is 2.27. The minimum absolute atomic E-state index is 0.183. The molecule has 1 radical (unpaired) electrons. The van der Waals surface area contributed by atoms with Gasteiger partial charge in [0.05, 0.1) is 11.4 Å². The van der Waals surface area contributed by atoms with Crippen molar-refractivity contribution in [2.24, 2.45) is 4.99 Å². The second-order valence-electron chi connectivity index (χ2n) is 4.66. The smallest absolute Gasteiger partial charge is 0.257 e. The number of anilines is 1. The molecule has 0 spiro atoms. The number of hydrogen-bond acceptors (Lipinski definition) is 3. The predicted molar refractivity (Wildman–Crippen MR) is 81.6 cm³/mol. The summed E-state index contributed by atoms with van der Waals surface area (Å²) >= 11 is 5.99. The third kappa shape index (κ3) is 2.51. The highest BCUT2D eigenvalue weighted by Gasteiger charge is 2.27. The summed E-state index contributed by atoms with van der Waals surface area (Å²) in [5.74, 6) is -1.13. The van der Waals surface area contributed by atoms with Crippen molar-refractivity contribution in [3.8, 4) is 0 Å². The molecule has 0 fully saturated rings. The van der Waals surface area contributed by atoms with Gasteiger partial charge in [-0.3, -0.25) is 14.6 Å². The molecule has 3 rings (SSSR count). The number of fused-ring (bicyclic) bond motifs is 1. The molecule has 4 nitrogen and oxygen atoms in total. The first-order chi connectivity index (χ1) is 10.6. The van der Waals surface area contributed by atoms with Gasteiger partial charge in [-0.15, -0.1) is 0 Å². The standard InChI is InChI=1S/C16H9ClFN2O2/c17-9-5-6-13-11(7-9)15(10-3-1-2-4-12(10)18)19-14(8-21)16(22)20-13/h1-7,14H,(H,20,22). The monoisotopic (exact) mass is 315 g/mol. The van der Waals surface area contributed by atoms with Crippen molar-refractivity contribution in [3.05, 3.63) is 64.4 Å². The zero-order chi connectivity index (χ0) is 15.7. The van der Waals surface area contributed by atoms with E-state index in [1.165, 1.54) is 12.1 Å². The molecule has 0 bridgehead atoms. The number of nitrogens with one attached hydrogen (secondary N) is 1. The molecule has 0 saturated heterocycles. The van der Waals surface area contributed by atoms with E-state index < -0.39 is 17.8 Å². The van der Waals surface area contributed by atoms with Gasteiger partial charge in [-0.2, -0.15) is 0 Å². The van der Waals surface area contributed by atoms with Crippen LogP contribution in [0.15, 0.2) is 47.5 Å². The average molecular weight is 316 g/mol. The average Bonchev–Trinajstić information content (AvgIpc) is 2.64. The molecular formula is C16H9ClFN2O2. The maximum atomic E-state index is 14.1. The van der Waals surface area contributed by atoms with Gasteiger partial charge in [0.15, 0.2) is 6.04 Å². The highest BCUT2D eigenvalue weighted by atomic mass is 35.5. The maximum absolute atomic E-state index is 14.1. The van der Waals surface area contributed by atoms with Crippen LogP contribution in [0.4, 0.5) is 10.1 Å². The summed E-state index contributed by atoms with van der Waals surface area (Å²) in [6, 6.07) is 9.37. The van der Waals surface area contributed by atoms with E-state index in [1.807, 2.05) is 0 Å². The maximum Gasteiger partial charge on any atom is 0.257 e. The van der Waals surface area contributed by atoms with Gasteiger partial charge in [0.25, 0.3) is 5.91 Å². The molecular weight excluding hydrogens is 307 g/mol. The summed E-state index contributed by atoms with van der Waals surface area (Å²) in [6.07, 6.45) is 1.56. The number of carbonyl (C=O) groups excluding carboxylic acids is 2. The Labute approximate surface area is 130 Å². The van der Waals surface area contributed by atoms with Crippen LogP contribution in [0.25, 0.3) is 0 Å². The molecule has 1 aliphatic rings. The van der Waals surface area contributed by atoms with Gasteiger partial charge in [0.1, 0.15) is 5.82 Å². The fraction of sp³-hybridized carbons (Fsp3) is 0.0625. The Kier molecular flexibility index (Phi) is 3.73. The SMILES string of the molecule is O=[C]C1N=C(c2ccccc2F)c2cc(Cl)ccc2NC1=O. The quantitative estimate of drug-likeness (QED) is 0.866. The van der Waals surface area contributed by atoms with Crippen molar-refractivity contribution in [1.82, 2.24) is 0 Å². The van der Waals surface area contributed by atoms with E-state index in [0.29, 0.717) is 16.3 Å². The Morgan fingerprint density at radius 1 is 1.18 bits per heavy atom. The number of rotatable bonds is 2. The van der Waals surface area contributed by atoms with Gasteiger partial charge in [0.2, 0.25) is 6.29 Å². The van der Waals surface area contributed by atoms with Gasteiger partial charge >= 0.3 is 0 Å².